The lowest BCUT2D eigenvalue weighted by atomic mass is 10.0. The summed E-state index contributed by atoms with van der Waals surface area (Å²) >= 11 is 0. The molecular formula is C29H34F2N4O8S2. The molecule has 1 aliphatic rings. The molecule has 0 amide bonds. The maximum atomic E-state index is 14.2. The highest BCUT2D eigenvalue weighted by molar-refractivity contribution is 7.89. The Morgan fingerprint density at radius 1 is 1.07 bits per heavy atom. The van der Waals surface area contributed by atoms with E-state index in [2.05, 4.69) is 9.68 Å². The fourth-order valence-corrected chi connectivity index (χ4v) is 6.52. The van der Waals surface area contributed by atoms with Crippen LogP contribution in [0.2, 0.25) is 0 Å². The zero-order valence-corrected chi connectivity index (χ0v) is 24.8. The highest BCUT2D eigenvalue weighted by Gasteiger charge is 2.28. The molecule has 16 heteroatoms. The normalized spacial score (nSPS) is 14.5. The van der Waals surface area contributed by atoms with Gasteiger partial charge in [-0.05, 0) is 73.0 Å². The van der Waals surface area contributed by atoms with Gasteiger partial charge >= 0.3 is 16.5 Å². The van der Waals surface area contributed by atoms with Crippen molar-refractivity contribution in [1.82, 2.24) is 9.62 Å². The predicted octanol–water partition coefficient (Wildman–Crippen LogP) is 3.57. The smallest absolute Gasteiger partial charge is 0.318 e. The van der Waals surface area contributed by atoms with Crippen LogP contribution in [0.25, 0.3) is 0 Å². The van der Waals surface area contributed by atoms with E-state index in [0.29, 0.717) is 35.8 Å². The predicted molar refractivity (Wildman–Crippen MR) is 162 cm³/mol. The molecule has 0 radical (unpaired) electrons. The van der Waals surface area contributed by atoms with Crippen LogP contribution in [0.1, 0.15) is 37.5 Å². The van der Waals surface area contributed by atoms with E-state index in [1.807, 2.05) is 4.90 Å². The number of hydrogen-bond acceptors (Lipinski definition) is 10. The van der Waals surface area contributed by atoms with E-state index < -0.39 is 57.3 Å². The fraction of sp³-hybridized carbons (Fsp3) is 0.345. The minimum absolute atomic E-state index is 0. The Labute approximate surface area is 261 Å². The summed E-state index contributed by atoms with van der Waals surface area (Å²) in [6, 6.07) is 12.5. The molecule has 0 bridgehead atoms. The Morgan fingerprint density at radius 2 is 1.73 bits per heavy atom. The molecule has 4 N–H and O–H groups in total. The molecule has 1 atom stereocenters. The number of rotatable bonds is 12. The molecule has 0 spiro atoms. The molecule has 0 aromatic heterocycles. The molecule has 0 saturated carbocycles. The molecule has 4 rings (SSSR count). The van der Waals surface area contributed by atoms with Crippen LogP contribution < -0.4 is 10.2 Å². The highest BCUT2D eigenvalue weighted by atomic mass is 32.2. The van der Waals surface area contributed by atoms with E-state index in [-0.39, 0.29) is 41.9 Å². The number of phenols is 1. The van der Waals surface area contributed by atoms with Crippen LogP contribution in [0.4, 0.5) is 20.2 Å². The molecule has 1 saturated heterocycles. The number of nitrogens with one attached hydrogen (secondary N) is 1. The van der Waals surface area contributed by atoms with Gasteiger partial charge in [-0.3, -0.25) is 4.79 Å². The summed E-state index contributed by atoms with van der Waals surface area (Å²) in [5, 5.41) is 32.9. The van der Waals surface area contributed by atoms with Gasteiger partial charge in [0.1, 0.15) is 29.6 Å². The number of nitrogens with zero attached hydrogens (tertiary/aromatic N) is 3. The first-order chi connectivity index (χ1) is 20.8. The molecule has 0 aliphatic carbocycles. The summed E-state index contributed by atoms with van der Waals surface area (Å²) in [5.41, 5.74) is 0.655. The van der Waals surface area contributed by atoms with Gasteiger partial charge in [-0.1, -0.05) is 13.5 Å². The number of phenolic OH excluding ortho intramolecular Hbond substituents is 1. The molecule has 244 valence electrons. The Bertz CT molecular complexity index is 1740. The van der Waals surface area contributed by atoms with Crippen LogP contribution in [-0.2, 0) is 31.9 Å². The van der Waals surface area contributed by atoms with Crippen molar-refractivity contribution in [2.45, 2.75) is 43.9 Å². The number of carboxylic acid groups (broad SMARTS) is 1. The molecule has 1 aliphatic heterocycles. The number of aliphatic hydroxyl groups is 1. The number of sulfonamides is 1. The van der Waals surface area contributed by atoms with Crippen LogP contribution in [0, 0.1) is 11.6 Å². The monoisotopic (exact) mass is 668 g/mol. The second kappa shape index (κ2) is 15.4. The summed E-state index contributed by atoms with van der Waals surface area (Å²) in [7, 11) is -7.13. The van der Waals surface area contributed by atoms with E-state index in [0.717, 1.165) is 23.9 Å². The molecule has 12 nitrogen and oxygen atoms in total. The maximum absolute atomic E-state index is 14.2. The topological polar surface area (TPSA) is 177 Å². The van der Waals surface area contributed by atoms with Crippen molar-refractivity contribution in [3.8, 4) is 5.75 Å². The summed E-state index contributed by atoms with van der Waals surface area (Å²) < 4.78 is 79.9. The van der Waals surface area contributed by atoms with Crippen molar-refractivity contribution in [3.05, 3.63) is 83.4 Å². The van der Waals surface area contributed by atoms with Crippen LogP contribution in [-0.4, -0.2) is 74.7 Å². The second-order valence-corrected chi connectivity index (χ2v) is 12.7. The van der Waals surface area contributed by atoms with Gasteiger partial charge in [-0.25, -0.2) is 17.2 Å². The van der Waals surface area contributed by atoms with Gasteiger partial charge in [-0.15, -0.1) is 4.36 Å². The third kappa shape index (κ3) is 9.27. The van der Waals surface area contributed by atoms with Crippen LogP contribution >= 0.6 is 0 Å². The Hall–Kier alpha value is -3.96. The quantitative estimate of drug-likeness (QED) is 0.223. The minimum Gasteiger partial charge on any atom is -0.506 e. The molecule has 3 aromatic carbocycles. The zero-order chi connectivity index (χ0) is 32.0. The van der Waals surface area contributed by atoms with Gasteiger partial charge < -0.3 is 25.5 Å². The van der Waals surface area contributed by atoms with E-state index in [4.69, 9.17) is 0 Å². The van der Waals surface area contributed by atoms with Crippen molar-refractivity contribution >= 4 is 37.9 Å². The van der Waals surface area contributed by atoms with Crippen LogP contribution in [0.5, 0.6) is 5.75 Å². The zero-order valence-electron chi connectivity index (χ0n) is 23.2. The average molecular weight is 669 g/mol. The number of aliphatic hydroxyl groups excluding tert-OH is 1. The van der Waals surface area contributed by atoms with Gasteiger partial charge in [0.2, 0.25) is 10.0 Å². The van der Waals surface area contributed by atoms with Gasteiger partial charge in [0, 0.05) is 43.5 Å². The summed E-state index contributed by atoms with van der Waals surface area (Å²) in [6.07, 6.45) is 0.420. The third-order valence-corrected chi connectivity index (χ3v) is 9.31. The molecule has 1 fully saturated rings. The SMILES string of the molecule is C.O=C(O)CN(Cc1cc(F)ccc1F)S(=O)(=O)c1ccc(N2CCC(NC[C@H](O)c3ccc(O)c(N=S(=O)=O)c3)CC2)cc1. The minimum atomic E-state index is -4.37. The number of benzene rings is 3. The number of piperidine rings is 1. The molecule has 1 heterocycles. The van der Waals surface area contributed by atoms with E-state index in [1.54, 1.807) is 12.1 Å². The third-order valence-electron chi connectivity index (χ3n) is 7.16. The number of anilines is 1. The largest absolute Gasteiger partial charge is 0.506 e. The van der Waals surface area contributed by atoms with Gasteiger partial charge in [0.25, 0.3) is 0 Å². The number of hydrogen-bond donors (Lipinski definition) is 4. The van der Waals surface area contributed by atoms with Gasteiger partial charge in [0.05, 0.1) is 11.0 Å². The van der Waals surface area contributed by atoms with Crippen molar-refractivity contribution in [3.63, 3.8) is 0 Å². The van der Waals surface area contributed by atoms with Crippen LogP contribution in [0.3, 0.4) is 0 Å². The van der Waals surface area contributed by atoms with Gasteiger partial charge in [-0.2, -0.15) is 12.7 Å². The van der Waals surface area contributed by atoms with E-state index in [1.165, 1.54) is 30.3 Å². The Morgan fingerprint density at radius 3 is 2.36 bits per heavy atom. The van der Waals surface area contributed by atoms with Crippen molar-refractivity contribution in [2.24, 2.45) is 4.36 Å². The standard InChI is InChI=1S/C28H30F2N4O8S2.CH4/c29-20-2-7-24(30)19(13-20)16-34(17-28(37)38)44(41,42)23-5-3-22(4-6-23)33-11-9-21(10-12-33)31-15-27(36)18-1-8-26(35)25(14-18)32-43(39)40;/h1-8,13-14,21,27,31,35-36H,9-12,15-17H2,(H,37,38);1H4/t27-;/m0./s1. The first-order valence-electron chi connectivity index (χ1n) is 13.4. The molecule has 0 unspecified atom stereocenters. The van der Waals surface area contributed by atoms with Crippen LogP contribution in [0.15, 0.2) is 69.9 Å². The van der Waals surface area contributed by atoms with Gasteiger partial charge in [0.15, 0.2) is 0 Å². The number of carboxylic acids is 1. The van der Waals surface area contributed by atoms with E-state index >= 15 is 0 Å². The number of carbonyl (C=O) groups is 1. The number of aromatic hydroxyl groups is 1. The van der Waals surface area contributed by atoms with Crippen molar-refractivity contribution in [1.29, 1.82) is 0 Å². The molecule has 3 aromatic rings. The Balaban J connectivity index is 0.00000552. The van der Waals surface area contributed by atoms with E-state index in [9.17, 15) is 45.7 Å². The molecule has 45 heavy (non-hydrogen) atoms. The lowest BCUT2D eigenvalue weighted by Gasteiger charge is -2.34. The lowest BCUT2D eigenvalue weighted by molar-refractivity contribution is -0.137. The second-order valence-electron chi connectivity index (χ2n) is 10.1. The van der Waals surface area contributed by atoms with Crippen molar-refractivity contribution in [2.75, 3.05) is 31.1 Å². The summed E-state index contributed by atoms with van der Waals surface area (Å²) in [4.78, 5) is 13.2. The number of aliphatic carboxylic acids is 1. The summed E-state index contributed by atoms with van der Waals surface area (Å²) in [5.74, 6) is -3.42. The summed E-state index contributed by atoms with van der Waals surface area (Å²) in [6.45, 7) is -0.212. The van der Waals surface area contributed by atoms with Crippen molar-refractivity contribution < 1.29 is 45.7 Å². The molecular weight excluding hydrogens is 634 g/mol. The first kappa shape index (κ1) is 35.5. The first-order valence-corrected chi connectivity index (χ1v) is 15.9. The fourth-order valence-electron chi connectivity index (χ4n) is 4.85. The lowest BCUT2D eigenvalue weighted by Crippen LogP contribution is -2.43. The maximum Gasteiger partial charge on any atom is 0.318 e. The average Bonchev–Trinajstić information content (AvgIpc) is 2.98. The Kier molecular flexibility index (Phi) is 12.1. The highest BCUT2D eigenvalue weighted by Crippen LogP contribution is 2.30. The number of halogens is 2.